The van der Waals surface area contributed by atoms with Crippen molar-refractivity contribution in [3.8, 4) is 0 Å². The summed E-state index contributed by atoms with van der Waals surface area (Å²) in [6.45, 7) is 4.60. The molecule has 0 aliphatic heterocycles. The molecule has 230 valence electrons. The Kier molecular flexibility index (Phi) is 18.4. The van der Waals surface area contributed by atoms with E-state index in [9.17, 15) is 24.3 Å². The predicted molar refractivity (Wildman–Crippen MR) is 154 cm³/mol. The van der Waals surface area contributed by atoms with Crippen LogP contribution in [-0.2, 0) is 19.2 Å². The molecule has 0 fully saturated rings. The van der Waals surface area contributed by atoms with Crippen molar-refractivity contribution in [1.29, 1.82) is 0 Å². The Morgan fingerprint density at radius 3 is 1.65 bits per heavy atom. The molecule has 0 aliphatic rings. The lowest BCUT2D eigenvalue weighted by Crippen LogP contribution is -2.57. The van der Waals surface area contributed by atoms with Crippen molar-refractivity contribution >= 4 is 35.6 Å². The third-order valence-electron chi connectivity index (χ3n) is 5.78. The zero-order valence-corrected chi connectivity index (χ0v) is 23.6. The molecule has 0 unspecified atom stereocenters. The number of carboxylic acids is 1. The molecule has 0 heterocycles. The van der Waals surface area contributed by atoms with Gasteiger partial charge in [0, 0.05) is 13.1 Å². The van der Waals surface area contributed by atoms with E-state index in [4.69, 9.17) is 34.4 Å². The fraction of sp³-hybridized carbons (Fsp3) is 0.750. The highest BCUT2D eigenvalue weighted by Crippen LogP contribution is 2.09. The van der Waals surface area contributed by atoms with E-state index in [2.05, 4.69) is 25.9 Å². The SMILES string of the molecule is CC(C)C[C@H](NC(=O)[C@H](CCCN=C(N)N)NC(=O)[C@@H](N)CCCCN)C(=O)N[C@@H](CCCN=C(N)N)C(=O)O. The van der Waals surface area contributed by atoms with Crippen LogP contribution in [-0.4, -0.2) is 84.5 Å². The maximum absolute atomic E-state index is 13.3. The second kappa shape index (κ2) is 20.3. The van der Waals surface area contributed by atoms with Gasteiger partial charge >= 0.3 is 5.97 Å². The Labute approximate surface area is 235 Å². The first-order valence-corrected chi connectivity index (χ1v) is 13.5. The molecule has 0 bridgehead atoms. The predicted octanol–water partition coefficient (Wildman–Crippen LogP) is -2.87. The molecule has 0 saturated heterocycles. The first kappa shape index (κ1) is 36.3. The number of carboxylic acid groups (broad SMARTS) is 1. The van der Waals surface area contributed by atoms with E-state index in [1.165, 1.54) is 0 Å². The minimum absolute atomic E-state index is 0.0212. The zero-order chi connectivity index (χ0) is 30.7. The monoisotopic (exact) mass is 571 g/mol. The van der Waals surface area contributed by atoms with Gasteiger partial charge in [-0.1, -0.05) is 20.3 Å². The third kappa shape index (κ3) is 17.0. The smallest absolute Gasteiger partial charge is 0.326 e. The number of nitrogens with one attached hydrogen (secondary N) is 3. The van der Waals surface area contributed by atoms with E-state index in [-0.39, 0.29) is 50.2 Å². The molecule has 0 aromatic heterocycles. The zero-order valence-electron chi connectivity index (χ0n) is 23.6. The van der Waals surface area contributed by atoms with Gasteiger partial charge in [0.2, 0.25) is 17.7 Å². The third-order valence-corrected chi connectivity index (χ3v) is 5.78. The Morgan fingerprint density at radius 2 is 1.18 bits per heavy atom. The number of carbonyl (C=O) groups is 4. The van der Waals surface area contributed by atoms with Crippen molar-refractivity contribution in [1.82, 2.24) is 16.0 Å². The number of guanidine groups is 2. The molecule has 4 atom stereocenters. The number of rotatable bonds is 21. The van der Waals surface area contributed by atoms with Crippen LogP contribution >= 0.6 is 0 Å². The summed E-state index contributed by atoms with van der Waals surface area (Å²) in [5.74, 6) is -3.28. The van der Waals surface area contributed by atoms with E-state index in [1.54, 1.807) is 0 Å². The summed E-state index contributed by atoms with van der Waals surface area (Å²) in [6.07, 6.45) is 2.89. The first-order valence-electron chi connectivity index (χ1n) is 13.5. The number of unbranched alkanes of at least 4 members (excludes halogenated alkanes) is 1. The van der Waals surface area contributed by atoms with Gasteiger partial charge in [-0.2, -0.15) is 0 Å². The van der Waals surface area contributed by atoms with Crippen molar-refractivity contribution < 1.29 is 24.3 Å². The molecule has 0 saturated carbocycles. The van der Waals surface area contributed by atoms with Crippen LogP contribution in [0.25, 0.3) is 0 Å². The number of carbonyl (C=O) groups excluding carboxylic acids is 3. The number of nitrogens with zero attached hydrogens (tertiary/aromatic N) is 2. The molecule has 0 radical (unpaired) electrons. The van der Waals surface area contributed by atoms with Crippen LogP contribution in [0, 0.1) is 5.92 Å². The Bertz CT molecular complexity index is 858. The highest BCUT2D eigenvalue weighted by molar-refractivity contribution is 5.94. The summed E-state index contributed by atoms with van der Waals surface area (Å²) in [7, 11) is 0. The van der Waals surface area contributed by atoms with Gasteiger partial charge in [0.15, 0.2) is 11.9 Å². The van der Waals surface area contributed by atoms with Crippen LogP contribution in [0.4, 0.5) is 0 Å². The molecule has 3 amide bonds. The van der Waals surface area contributed by atoms with Crippen LogP contribution in [0.15, 0.2) is 9.98 Å². The van der Waals surface area contributed by atoms with Gasteiger partial charge in [0.25, 0.3) is 0 Å². The lowest BCUT2D eigenvalue weighted by molar-refractivity contribution is -0.142. The lowest BCUT2D eigenvalue weighted by atomic mass is 10.0. The summed E-state index contributed by atoms with van der Waals surface area (Å²) in [6, 6.07) is -4.14. The Hall–Kier alpha value is -3.66. The average molecular weight is 572 g/mol. The fourth-order valence-electron chi connectivity index (χ4n) is 3.70. The van der Waals surface area contributed by atoms with E-state index in [0.29, 0.717) is 38.6 Å². The summed E-state index contributed by atoms with van der Waals surface area (Å²) >= 11 is 0. The minimum Gasteiger partial charge on any atom is -0.480 e. The molecule has 0 aromatic rings. The number of amides is 3. The van der Waals surface area contributed by atoms with Crippen molar-refractivity contribution in [3.05, 3.63) is 0 Å². The standard InChI is InChI=1S/C24H49N11O5/c1-14(2)13-18(21(38)34-17(22(39)40)9-6-12-32-24(29)30)35-20(37)16(8-5-11-31-23(27)28)33-19(36)15(26)7-3-4-10-25/h14-18H,3-13,25-26H2,1-2H3,(H,33,36)(H,34,38)(H,35,37)(H,39,40)(H4,27,28,31)(H4,29,30,32)/t15-,16-,17-,18-/m0/s1. The summed E-state index contributed by atoms with van der Waals surface area (Å²) in [5, 5.41) is 17.4. The van der Waals surface area contributed by atoms with Crippen LogP contribution < -0.4 is 50.4 Å². The number of hydrogen-bond acceptors (Lipinski definition) is 8. The lowest BCUT2D eigenvalue weighted by Gasteiger charge is -2.26. The second-order valence-corrected chi connectivity index (χ2v) is 9.94. The molecular weight excluding hydrogens is 522 g/mol. The van der Waals surface area contributed by atoms with E-state index in [0.717, 1.165) is 0 Å². The Morgan fingerprint density at radius 1 is 0.700 bits per heavy atom. The molecule has 0 spiro atoms. The average Bonchev–Trinajstić information content (AvgIpc) is 2.86. The molecule has 0 aliphatic carbocycles. The number of hydrogen-bond donors (Lipinski definition) is 10. The summed E-state index contributed by atoms with van der Waals surface area (Å²) in [4.78, 5) is 58.5. The number of aliphatic carboxylic acids is 1. The first-order chi connectivity index (χ1) is 18.8. The normalized spacial score (nSPS) is 13.8. The van der Waals surface area contributed by atoms with E-state index >= 15 is 0 Å². The molecule has 0 rings (SSSR count). The van der Waals surface area contributed by atoms with Crippen molar-refractivity contribution in [2.24, 2.45) is 50.3 Å². The molecule has 40 heavy (non-hydrogen) atoms. The van der Waals surface area contributed by atoms with Crippen molar-refractivity contribution in [3.63, 3.8) is 0 Å². The van der Waals surface area contributed by atoms with Crippen molar-refractivity contribution in [2.75, 3.05) is 19.6 Å². The largest absolute Gasteiger partial charge is 0.480 e. The fourth-order valence-corrected chi connectivity index (χ4v) is 3.70. The van der Waals surface area contributed by atoms with Gasteiger partial charge in [-0.15, -0.1) is 0 Å². The maximum atomic E-state index is 13.3. The van der Waals surface area contributed by atoms with Gasteiger partial charge in [-0.3, -0.25) is 24.4 Å². The van der Waals surface area contributed by atoms with Gasteiger partial charge in [-0.05, 0) is 57.4 Å². The number of aliphatic imine (C=N–C) groups is 2. The molecule has 0 aromatic carbocycles. The van der Waals surface area contributed by atoms with Crippen molar-refractivity contribution in [2.45, 2.75) is 89.4 Å². The highest BCUT2D eigenvalue weighted by atomic mass is 16.4. The van der Waals surface area contributed by atoms with E-state index < -0.39 is 47.9 Å². The highest BCUT2D eigenvalue weighted by Gasteiger charge is 2.30. The topological polar surface area (TPSA) is 305 Å². The number of nitrogens with two attached hydrogens (primary N) is 6. The molecular formula is C24H49N11O5. The minimum atomic E-state index is -1.24. The van der Waals surface area contributed by atoms with Gasteiger partial charge in [0.05, 0.1) is 6.04 Å². The second-order valence-electron chi connectivity index (χ2n) is 9.94. The van der Waals surface area contributed by atoms with Gasteiger partial charge < -0.3 is 55.5 Å². The van der Waals surface area contributed by atoms with Crippen LogP contribution in [0.2, 0.25) is 0 Å². The summed E-state index contributed by atoms with van der Waals surface area (Å²) < 4.78 is 0. The molecule has 16 nitrogen and oxygen atoms in total. The maximum Gasteiger partial charge on any atom is 0.326 e. The molecule has 16 N–H and O–H groups in total. The van der Waals surface area contributed by atoms with Crippen LogP contribution in [0.3, 0.4) is 0 Å². The van der Waals surface area contributed by atoms with E-state index in [1.807, 2.05) is 13.8 Å². The van der Waals surface area contributed by atoms with Gasteiger partial charge in [0.1, 0.15) is 18.1 Å². The Balaban J connectivity index is 5.57. The van der Waals surface area contributed by atoms with Gasteiger partial charge in [-0.25, -0.2) is 4.79 Å². The quantitative estimate of drug-likeness (QED) is 0.0379. The molecule has 16 heteroatoms. The van der Waals surface area contributed by atoms with Crippen LogP contribution in [0.1, 0.15) is 65.2 Å². The van der Waals surface area contributed by atoms with Crippen LogP contribution in [0.5, 0.6) is 0 Å². The summed E-state index contributed by atoms with van der Waals surface area (Å²) in [5.41, 5.74) is 32.7.